The number of nitrogens with zero attached hydrogens (tertiary/aromatic N) is 1. The summed E-state index contributed by atoms with van der Waals surface area (Å²) in [5.41, 5.74) is 0. The molecule has 0 bridgehead atoms. The summed E-state index contributed by atoms with van der Waals surface area (Å²) in [4.78, 5) is 12.9. The zero-order valence-corrected chi connectivity index (χ0v) is 10.9. The van der Waals surface area contributed by atoms with Gasteiger partial charge in [-0.2, -0.15) is 0 Å². The van der Waals surface area contributed by atoms with Crippen LogP contribution in [0, 0.1) is 11.8 Å². The van der Waals surface area contributed by atoms with Gasteiger partial charge in [0.2, 0.25) is 0 Å². The highest BCUT2D eigenvalue weighted by molar-refractivity contribution is 5.72. The van der Waals surface area contributed by atoms with Gasteiger partial charge in [-0.1, -0.05) is 13.8 Å². The smallest absolute Gasteiger partial charge is 0.320 e. The Morgan fingerprint density at radius 2 is 1.69 bits per heavy atom. The molecule has 94 valence electrons. The first-order chi connectivity index (χ1) is 7.43. The number of rotatable bonds is 4. The van der Waals surface area contributed by atoms with Crippen molar-refractivity contribution in [1.82, 2.24) is 4.90 Å². The van der Waals surface area contributed by atoms with Gasteiger partial charge in [0, 0.05) is 6.04 Å². The van der Waals surface area contributed by atoms with E-state index in [9.17, 15) is 4.79 Å². The number of carboxylic acid groups (broad SMARTS) is 1. The molecule has 0 amide bonds. The van der Waals surface area contributed by atoms with E-state index in [1.54, 1.807) is 6.92 Å². The topological polar surface area (TPSA) is 40.5 Å². The standard InChI is InChI=1S/C13H25NO2/c1-9(2)11-5-7-12(8-6-11)14(4)10(3)13(15)16/h9-12H,5-8H2,1-4H3,(H,15,16). The summed E-state index contributed by atoms with van der Waals surface area (Å²) in [5.74, 6) is 0.890. The predicted molar refractivity (Wildman–Crippen MR) is 65.4 cm³/mol. The third kappa shape index (κ3) is 3.21. The lowest BCUT2D eigenvalue weighted by Crippen LogP contribution is -2.44. The van der Waals surface area contributed by atoms with Gasteiger partial charge >= 0.3 is 5.97 Å². The average Bonchev–Trinajstić information content (AvgIpc) is 2.27. The third-order valence-corrected chi connectivity index (χ3v) is 4.23. The van der Waals surface area contributed by atoms with Crippen molar-refractivity contribution in [2.45, 2.75) is 58.5 Å². The van der Waals surface area contributed by atoms with E-state index in [-0.39, 0.29) is 6.04 Å². The lowest BCUT2D eigenvalue weighted by atomic mass is 9.79. The van der Waals surface area contributed by atoms with Gasteiger partial charge in [-0.3, -0.25) is 9.69 Å². The summed E-state index contributed by atoms with van der Waals surface area (Å²) in [5, 5.41) is 8.98. The maximum absolute atomic E-state index is 10.9. The molecule has 16 heavy (non-hydrogen) atoms. The van der Waals surface area contributed by atoms with Crippen LogP contribution >= 0.6 is 0 Å². The molecule has 0 aromatic rings. The van der Waals surface area contributed by atoms with Gasteiger partial charge in [-0.15, -0.1) is 0 Å². The molecule has 0 radical (unpaired) electrons. The Morgan fingerprint density at radius 3 is 2.06 bits per heavy atom. The van der Waals surface area contributed by atoms with Crippen LogP contribution in [0.1, 0.15) is 46.5 Å². The summed E-state index contributed by atoms with van der Waals surface area (Å²) >= 11 is 0. The van der Waals surface area contributed by atoms with Crippen LogP contribution in [0.5, 0.6) is 0 Å². The number of carbonyl (C=O) groups is 1. The van der Waals surface area contributed by atoms with Crippen molar-refractivity contribution in [1.29, 1.82) is 0 Å². The minimum atomic E-state index is -0.714. The first-order valence-electron chi connectivity index (χ1n) is 6.38. The van der Waals surface area contributed by atoms with Crippen LogP contribution in [-0.2, 0) is 4.79 Å². The van der Waals surface area contributed by atoms with Crippen molar-refractivity contribution >= 4 is 5.97 Å². The van der Waals surface area contributed by atoms with Crippen LogP contribution in [0.4, 0.5) is 0 Å². The molecule has 0 aliphatic heterocycles. The second-order valence-electron chi connectivity index (χ2n) is 5.49. The van der Waals surface area contributed by atoms with Gasteiger partial charge < -0.3 is 5.11 Å². The van der Waals surface area contributed by atoms with Gasteiger partial charge in [0.05, 0.1) is 0 Å². The Labute approximate surface area is 98.8 Å². The monoisotopic (exact) mass is 227 g/mol. The molecule has 1 aliphatic rings. The highest BCUT2D eigenvalue weighted by Gasteiger charge is 2.29. The molecule has 1 rings (SSSR count). The average molecular weight is 227 g/mol. The molecule has 0 saturated heterocycles. The fourth-order valence-electron chi connectivity index (χ4n) is 2.67. The van der Waals surface area contributed by atoms with Crippen molar-refractivity contribution in [2.75, 3.05) is 7.05 Å². The van der Waals surface area contributed by atoms with Gasteiger partial charge in [0.15, 0.2) is 0 Å². The van der Waals surface area contributed by atoms with Crippen LogP contribution in [0.25, 0.3) is 0 Å². The molecular formula is C13H25NO2. The molecule has 1 saturated carbocycles. The van der Waals surface area contributed by atoms with Crippen molar-refractivity contribution in [3.8, 4) is 0 Å². The van der Waals surface area contributed by atoms with E-state index < -0.39 is 5.97 Å². The SMILES string of the molecule is CC(C)C1CCC(N(C)C(C)C(=O)O)CC1. The van der Waals surface area contributed by atoms with Crippen molar-refractivity contribution in [3.05, 3.63) is 0 Å². The molecule has 1 atom stereocenters. The van der Waals surface area contributed by atoms with E-state index in [0.29, 0.717) is 6.04 Å². The number of carboxylic acids is 1. The largest absolute Gasteiger partial charge is 0.480 e. The van der Waals surface area contributed by atoms with E-state index in [1.807, 2.05) is 11.9 Å². The minimum Gasteiger partial charge on any atom is -0.480 e. The van der Waals surface area contributed by atoms with Crippen molar-refractivity contribution in [3.63, 3.8) is 0 Å². The molecule has 0 aromatic carbocycles. The lowest BCUT2D eigenvalue weighted by molar-refractivity contribution is -0.143. The van der Waals surface area contributed by atoms with E-state index in [2.05, 4.69) is 13.8 Å². The predicted octanol–water partition coefficient (Wildman–Crippen LogP) is 2.61. The zero-order valence-electron chi connectivity index (χ0n) is 10.9. The summed E-state index contributed by atoms with van der Waals surface area (Å²) in [6.45, 7) is 6.35. The van der Waals surface area contributed by atoms with Gasteiger partial charge in [0.25, 0.3) is 0 Å². The fraction of sp³-hybridized carbons (Fsp3) is 0.923. The second kappa shape index (κ2) is 5.67. The highest BCUT2D eigenvalue weighted by atomic mass is 16.4. The molecule has 3 nitrogen and oxygen atoms in total. The number of aliphatic carboxylic acids is 1. The Bertz CT molecular complexity index is 232. The molecular weight excluding hydrogens is 202 g/mol. The normalized spacial score (nSPS) is 28.4. The van der Waals surface area contributed by atoms with Crippen molar-refractivity contribution < 1.29 is 9.90 Å². The first-order valence-corrected chi connectivity index (χ1v) is 6.38. The number of hydrogen-bond acceptors (Lipinski definition) is 2. The lowest BCUT2D eigenvalue weighted by Gasteiger charge is -2.37. The fourth-order valence-corrected chi connectivity index (χ4v) is 2.67. The zero-order chi connectivity index (χ0) is 12.3. The summed E-state index contributed by atoms with van der Waals surface area (Å²) in [6, 6.07) is 0.0988. The van der Waals surface area contributed by atoms with Crippen LogP contribution in [0.2, 0.25) is 0 Å². The molecule has 1 unspecified atom stereocenters. The highest BCUT2D eigenvalue weighted by Crippen LogP contribution is 2.32. The summed E-state index contributed by atoms with van der Waals surface area (Å²) < 4.78 is 0. The minimum absolute atomic E-state index is 0.361. The van der Waals surface area contributed by atoms with Crippen LogP contribution in [0.3, 0.4) is 0 Å². The quantitative estimate of drug-likeness (QED) is 0.802. The maximum atomic E-state index is 10.9. The Morgan fingerprint density at radius 1 is 1.19 bits per heavy atom. The van der Waals surface area contributed by atoms with E-state index in [0.717, 1.165) is 24.7 Å². The van der Waals surface area contributed by atoms with Gasteiger partial charge in [-0.05, 0) is 51.5 Å². The van der Waals surface area contributed by atoms with Crippen molar-refractivity contribution in [2.24, 2.45) is 11.8 Å². The Hall–Kier alpha value is -0.570. The van der Waals surface area contributed by atoms with Crippen LogP contribution in [-0.4, -0.2) is 35.1 Å². The molecule has 0 heterocycles. The maximum Gasteiger partial charge on any atom is 0.320 e. The molecule has 0 spiro atoms. The van der Waals surface area contributed by atoms with Crippen LogP contribution in [0.15, 0.2) is 0 Å². The summed E-state index contributed by atoms with van der Waals surface area (Å²) in [6.07, 6.45) is 4.80. The van der Waals surface area contributed by atoms with Gasteiger partial charge in [-0.25, -0.2) is 0 Å². The molecule has 1 aliphatic carbocycles. The van der Waals surface area contributed by atoms with Crippen LogP contribution < -0.4 is 0 Å². The van der Waals surface area contributed by atoms with E-state index in [1.165, 1.54) is 12.8 Å². The molecule has 1 fully saturated rings. The molecule has 3 heteroatoms. The third-order valence-electron chi connectivity index (χ3n) is 4.23. The molecule has 1 N–H and O–H groups in total. The second-order valence-corrected chi connectivity index (χ2v) is 5.49. The van der Waals surface area contributed by atoms with Gasteiger partial charge in [0.1, 0.15) is 6.04 Å². The first kappa shape index (κ1) is 13.5. The van der Waals surface area contributed by atoms with E-state index in [4.69, 9.17) is 5.11 Å². The molecule has 0 aromatic heterocycles. The summed E-state index contributed by atoms with van der Waals surface area (Å²) in [7, 11) is 1.94. The Balaban J connectivity index is 2.44. The Kier molecular flexibility index (Phi) is 4.78. The number of likely N-dealkylation sites (N-methyl/N-ethyl adjacent to an activating group) is 1. The number of hydrogen-bond donors (Lipinski definition) is 1. The van der Waals surface area contributed by atoms with E-state index >= 15 is 0 Å².